The molecule has 6 nitrogen and oxygen atoms in total. The van der Waals surface area contributed by atoms with Crippen LogP contribution in [-0.2, 0) is 14.6 Å². The van der Waals surface area contributed by atoms with E-state index in [0.717, 1.165) is 6.26 Å². The molecular weight excluding hydrogens is 244 g/mol. The number of amides is 1. The molecule has 0 spiro atoms. The number of carbonyl (C=O) groups is 1. The van der Waals surface area contributed by atoms with Crippen LogP contribution in [-0.4, -0.2) is 31.7 Å². The van der Waals surface area contributed by atoms with Gasteiger partial charge >= 0.3 is 0 Å². The molecule has 0 aromatic carbocycles. The zero-order chi connectivity index (χ0) is 13.1. The minimum absolute atomic E-state index is 0.0944. The molecule has 1 amide bonds. The van der Waals surface area contributed by atoms with Gasteiger partial charge in [-0.3, -0.25) is 4.79 Å². The Labute approximate surface area is 99.7 Å². The molecule has 0 radical (unpaired) electrons. The Morgan fingerprint density at radius 2 is 2.18 bits per heavy atom. The fourth-order valence-electron chi connectivity index (χ4n) is 1.14. The topological polar surface area (TPSA) is 99.3 Å². The molecule has 0 aliphatic carbocycles. The number of sulfone groups is 1. The monoisotopic (exact) mass is 258 g/mol. The van der Waals surface area contributed by atoms with Gasteiger partial charge in [0.2, 0.25) is 5.88 Å². The van der Waals surface area contributed by atoms with Gasteiger partial charge in [-0.15, -0.1) is 0 Å². The van der Waals surface area contributed by atoms with E-state index in [1.165, 1.54) is 18.3 Å². The van der Waals surface area contributed by atoms with Gasteiger partial charge in [-0.25, -0.2) is 13.4 Å². The maximum atomic E-state index is 11.2. The Kier molecular flexibility index (Phi) is 4.06. The van der Waals surface area contributed by atoms with Crippen LogP contribution in [0.2, 0.25) is 0 Å². The summed E-state index contributed by atoms with van der Waals surface area (Å²) in [5, 5.41) is 0. The van der Waals surface area contributed by atoms with E-state index in [1.807, 2.05) is 0 Å². The number of hydrogen-bond donors (Lipinski definition) is 1. The molecule has 1 heterocycles. The van der Waals surface area contributed by atoms with E-state index in [2.05, 4.69) is 4.98 Å². The first-order valence-electron chi connectivity index (χ1n) is 4.96. The van der Waals surface area contributed by atoms with Crippen molar-refractivity contribution in [2.75, 3.05) is 6.26 Å². The van der Waals surface area contributed by atoms with Crippen molar-refractivity contribution in [2.24, 2.45) is 5.73 Å². The molecular formula is C10H14N2O4S. The van der Waals surface area contributed by atoms with Crippen molar-refractivity contribution in [3.63, 3.8) is 0 Å². The predicted octanol–water partition coefficient (Wildman–Crippen LogP) is 0.128. The summed E-state index contributed by atoms with van der Waals surface area (Å²) in [5.41, 5.74) is 5.11. The third-order valence-corrected chi connectivity index (χ3v) is 3.19. The lowest BCUT2D eigenvalue weighted by Gasteiger charge is -2.12. The molecule has 0 fully saturated rings. The summed E-state index contributed by atoms with van der Waals surface area (Å²) in [6, 6.07) is 2.76. The molecule has 1 atom stereocenters. The van der Waals surface area contributed by atoms with Crippen LogP contribution < -0.4 is 10.5 Å². The highest BCUT2D eigenvalue weighted by Gasteiger charge is 2.15. The number of rotatable bonds is 5. The van der Waals surface area contributed by atoms with Gasteiger partial charge in [0.05, 0.1) is 4.90 Å². The molecule has 1 aromatic rings. The van der Waals surface area contributed by atoms with Crippen LogP contribution in [0.1, 0.15) is 13.3 Å². The molecule has 7 heteroatoms. The van der Waals surface area contributed by atoms with E-state index < -0.39 is 21.8 Å². The molecule has 0 aliphatic heterocycles. The Morgan fingerprint density at radius 3 is 2.53 bits per heavy atom. The third kappa shape index (κ3) is 3.70. The Bertz CT molecular complexity index is 496. The van der Waals surface area contributed by atoms with E-state index in [-0.39, 0.29) is 10.8 Å². The van der Waals surface area contributed by atoms with Crippen LogP contribution in [0.5, 0.6) is 5.88 Å². The fraction of sp³-hybridized carbons (Fsp3) is 0.400. The molecule has 0 aliphatic rings. The van der Waals surface area contributed by atoms with Crippen molar-refractivity contribution in [1.82, 2.24) is 4.98 Å². The van der Waals surface area contributed by atoms with Crippen molar-refractivity contribution < 1.29 is 17.9 Å². The number of ether oxygens (including phenoxy) is 1. The first-order valence-corrected chi connectivity index (χ1v) is 6.85. The Hall–Kier alpha value is -1.63. The van der Waals surface area contributed by atoms with Crippen LogP contribution in [0.25, 0.3) is 0 Å². The van der Waals surface area contributed by atoms with Crippen molar-refractivity contribution in [1.29, 1.82) is 0 Å². The number of carbonyl (C=O) groups excluding carboxylic acids is 1. The van der Waals surface area contributed by atoms with E-state index in [9.17, 15) is 13.2 Å². The molecule has 1 rings (SSSR count). The van der Waals surface area contributed by atoms with Gasteiger partial charge in [-0.1, -0.05) is 6.92 Å². The van der Waals surface area contributed by atoms with Crippen LogP contribution >= 0.6 is 0 Å². The van der Waals surface area contributed by atoms with Gasteiger partial charge in [0.1, 0.15) is 0 Å². The molecule has 1 unspecified atom stereocenters. The summed E-state index contributed by atoms with van der Waals surface area (Å²) < 4.78 is 27.6. The molecule has 0 saturated heterocycles. The van der Waals surface area contributed by atoms with Crippen molar-refractivity contribution >= 4 is 15.7 Å². The number of aromatic nitrogens is 1. The van der Waals surface area contributed by atoms with Gasteiger partial charge in [-0.2, -0.15) is 0 Å². The van der Waals surface area contributed by atoms with Crippen LogP contribution in [0, 0.1) is 0 Å². The molecule has 0 bridgehead atoms. The van der Waals surface area contributed by atoms with Gasteiger partial charge in [-0.05, 0) is 12.5 Å². The summed E-state index contributed by atoms with van der Waals surface area (Å²) in [6.45, 7) is 1.75. The second-order valence-corrected chi connectivity index (χ2v) is 5.54. The van der Waals surface area contributed by atoms with Gasteiger partial charge in [0, 0.05) is 18.5 Å². The Balaban J connectivity index is 2.85. The SMILES string of the molecule is CCC(Oc1ccc(S(C)(=O)=O)cn1)C(N)=O. The minimum atomic E-state index is -3.28. The lowest BCUT2D eigenvalue weighted by molar-refractivity contribution is -0.124. The molecule has 17 heavy (non-hydrogen) atoms. The van der Waals surface area contributed by atoms with Gasteiger partial charge in [0.15, 0.2) is 15.9 Å². The molecule has 94 valence electrons. The minimum Gasteiger partial charge on any atom is -0.464 e. The second-order valence-electron chi connectivity index (χ2n) is 3.52. The Morgan fingerprint density at radius 1 is 1.53 bits per heavy atom. The largest absolute Gasteiger partial charge is 0.464 e. The zero-order valence-corrected chi connectivity index (χ0v) is 10.4. The number of nitrogens with two attached hydrogens (primary N) is 1. The van der Waals surface area contributed by atoms with Crippen LogP contribution in [0.15, 0.2) is 23.2 Å². The highest BCUT2D eigenvalue weighted by atomic mass is 32.2. The first-order chi connectivity index (χ1) is 7.84. The summed E-state index contributed by atoms with van der Waals surface area (Å²) in [6.07, 6.45) is 1.93. The quantitative estimate of drug-likeness (QED) is 0.809. The number of primary amides is 1. The molecule has 0 saturated carbocycles. The van der Waals surface area contributed by atoms with E-state index in [0.29, 0.717) is 6.42 Å². The lowest BCUT2D eigenvalue weighted by atomic mass is 10.3. The highest BCUT2D eigenvalue weighted by molar-refractivity contribution is 7.90. The number of hydrogen-bond acceptors (Lipinski definition) is 5. The lowest BCUT2D eigenvalue weighted by Crippen LogP contribution is -2.33. The van der Waals surface area contributed by atoms with Gasteiger partial charge in [0.25, 0.3) is 5.91 Å². The number of nitrogens with zero attached hydrogens (tertiary/aromatic N) is 1. The summed E-state index contributed by atoms with van der Waals surface area (Å²) in [5.74, 6) is -0.412. The van der Waals surface area contributed by atoms with Crippen LogP contribution in [0.3, 0.4) is 0 Å². The normalized spacial score (nSPS) is 13.1. The molecule has 1 aromatic heterocycles. The number of pyridine rings is 1. The standard InChI is InChI=1S/C10H14N2O4S/c1-3-8(10(11)13)16-9-5-4-7(6-12-9)17(2,14)15/h4-6,8H,3H2,1-2H3,(H2,11,13). The third-order valence-electron chi connectivity index (χ3n) is 2.09. The average molecular weight is 258 g/mol. The second kappa shape index (κ2) is 5.13. The smallest absolute Gasteiger partial charge is 0.258 e. The fourth-order valence-corrected chi connectivity index (χ4v) is 1.70. The predicted molar refractivity (Wildman–Crippen MR) is 61.2 cm³/mol. The summed E-state index contributed by atoms with van der Waals surface area (Å²) in [4.78, 5) is 14.8. The zero-order valence-electron chi connectivity index (χ0n) is 9.58. The van der Waals surface area contributed by atoms with Crippen LogP contribution in [0.4, 0.5) is 0 Å². The summed E-state index contributed by atoms with van der Waals surface area (Å²) >= 11 is 0. The average Bonchev–Trinajstić information content (AvgIpc) is 2.25. The summed E-state index contributed by atoms with van der Waals surface area (Å²) in [7, 11) is -3.28. The van der Waals surface area contributed by atoms with Crippen molar-refractivity contribution in [2.45, 2.75) is 24.3 Å². The van der Waals surface area contributed by atoms with Crippen molar-refractivity contribution in [3.8, 4) is 5.88 Å². The van der Waals surface area contributed by atoms with Crippen molar-refractivity contribution in [3.05, 3.63) is 18.3 Å². The maximum absolute atomic E-state index is 11.2. The first kappa shape index (κ1) is 13.4. The highest BCUT2D eigenvalue weighted by Crippen LogP contribution is 2.14. The van der Waals surface area contributed by atoms with E-state index in [1.54, 1.807) is 6.92 Å². The van der Waals surface area contributed by atoms with E-state index in [4.69, 9.17) is 10.5 Å². The van der Waals surface area contributed by atoms with E-state index >= 15 is 0 Å². The van der Waals surface area contributed by atoms with Gasteiger partial charge < -0.3 is 10.5 Å². The molecule has 2 N–H and O–H groups in total. The maximum Gasteiger partial charge on any atom is 0.258 e.